The number of aromatic nitrogens is 3. The molecule has 1 aromatic heterocycles. The number of aromatic amines is 1. The van der Waals surface area contributed by atoms with Gasteiger partial charge in [-0.3, -0.25) is 4.79 Å². The van der Waals surface area contributed by atoms with Gasteiger partial charge in [0.05, 0.1) is 12.7 Å². The van der Waals surface area contributed by atoms with Gasteiger partial charge < -0.3 is 15.2 Å². The number of hydrogen-bond donors (Lipinski definition) is 2. The van der Waals surface area contributed by atoms with Crippen LogP contribution in [-0.2, 0) is 0 Å². The lowest BCUT2D eigenvalue weighted by Gasteiger charge is -2.13. The number of benzene rings is 1. The van der Waals surface area contributed by atoms with Crippen molar-refractivity contribution in [3.05, 3.63) is 36.5 Å². The van der Waals surface area contributed by atoms with Crippen LogP contribution in [0.5, 0.6) is 11.5 Å². The Hall–Kier alpha value is -2.83. The first kappa shape index (κ1) is 13.6. The molecule has 0 aliphatic rings. The fourth-order valence-corrected chi connectivity index (χ4v) is 1.74. The number of carbonyl (C=O) groups is 1. The van der Waals surface area contributed by atoms with Gasteiger partial charge in [0.15, 0.2) is 17.2 Å². The van der Waals surface area contributed by atoms with Crippen LogP contribution in [0.4, 0.5) is 0 Å². The molecule has 1 heterocycles. The molecule has 0 aliphatic heterocycles. The Morgan fingerprint density at radius 3 is 2.95 bits per heavy atom. The highest BCUT2D eigenvalue weighted by atomic mass is 16.5. The summed E-state index contributed by atoms with van der Waals surface area (Å²) in [5, 5.41) is 10.1. The molecule has 0 bridgehead atoms. The highest BCUT2D eigenvalue weighted by Crippen LogP contribution is 2.38. The summed E-state index contributed by atoms with van der Waals surface area (Å²) >= 11 is 0. The molecule has 20 heavy (non-hydrogen) atoms. The second-order valence-corrected chi connectivity index (χ2v) is 3.82. The molecular weight excluding hydrogens is 260 g/mol. The molecule has 0 fully saturated rings. The number of methoxy groups -OCH3 is 1. The van der Waals surface area contributed by atoms with Gasteiger partial charge in [-0.2, -0.15) is 15.4 Å². The lowest BCUT2D eigenvalue weighted by molar-refractivity contribution is 0.0996. The van der Waals surface area contributed by atoms with Crippen molar-refractivity contribution < 1.29 is 14.3 Å². The number of nitrogens with two attached hydrogens (primary N) is 1. The standard InChI is InChI=1S/C13H14N4O3/c1-3-7-20-12-8(5-4-6-9(12)19-2)10-11(13(14)18)16-17-15-10/h3-6H,1,7H2,2H3,(H2,14,18)(H,15,16,17). The molecule has 1 amide bonds. The van der Waals surface area contributed by atoms with Gasteiger partial charge in [0.1, 0.15) is 12.3 Å². The van der Waals surface area contributed by atoms with Crippen molar-refractivity contribution in [1.29, 1.82) is 0 Å². The molecule has 3 N–H and O–H groups in total. The maximum absolute atomic E-state index is 11.3. The number of amides is 1. The van der Waals surface area contributed by atoms with Crippen LogP contribution >= 0.6 is 0 Å². The number of hydrogen-bond acceptors (Lipinski definition) is 5. The van der Waals surface area contributed by atoms with E-state index in [1.165, 1.54) is 7.11 Å². The lowest BCUT2D eigenvalue weighted by Crippen LogP contribution is -2.13. The number of nitrogens with zero attached hydrogens (tertiary/aromatic N) is 2. The van der Waals surface area contributed by atoms with E-state index in [1.54, 1.807) is 24.3 Å². The van der Waals surface area contributed by atoms with Crippen molar-refractivity contribution in [2.24, 2.45) is 5.73 Å². The summed E-state index contributed by atoms with van der Waals surface area (Å²) < 4.78 is 10.8. The Morgan fingerprint density at radius 2 is 2.30 bits per heavy atom. The third-order valence-electron chi connectivity index (χ3n) is 2.58. The minimum atomic E-state index is -0.675. The molecule has 7 heteroatoms. The van der Waals surface area contributed by atoms with E-state index in [4.69, 9.17) is 15.2 Å². The molecule has 0 radical (unpaired) electrons. The van der Waals surface area contributed by atoms with Crippen molar-refractivity contribution in [3.8, 4) is 22.8 Å². The van der Waals surface area contributed by atoms with Gasteiger partial charge in [0.25, 0.3) is 5.91 Å². The SMILES string of the molecule is C=CCOc1c(OC)cccc1-c1n[nH]nc1C(N)=O. The number of ether oxygens (including phenoxy) is 2. The Bertz CT molecular complexity index is 636. The summed E-state index contributed by atoms with van der Waals surface area (Å²) in [7, 11) is 1.53. The molecule has 0 saturated carbocycles. The van der Waals surface area contributed by atoms with Gasteiger partial charge in [0.2, 0.25) is 0 Å². The highest BCUT2D eigenvalue weighted by Gasteiger charge is 2.21. The Kier molecular flexibility index (Phi) is 3.99. The molecule has 2 aromatic rings. The van der Waals surface area contributed by atoms with E-state index in [9.17, 15) is 4.79 Å². The first-order chi connectivity index (χ1) is 9.69. The number of rotatable bonds is 6. The molecule has 0 atom stereocenters. The van der Waals surface area contributed by atoms with Gasteiger partial charge in [-0.05, 0) is 12.1 Å². The topological polar surface area (TPSA) is 103 Å². The first-order valence-corrected chi connectivity index (χ1v) is 5.80. The first-order valence-electron chi connectivity index (χ1n) is 5.80. The van der Waals surface area contributed by atoms with Crippen LogP contribution in [0.2, 0.25) is 0 Å². The molecule has 0 unspecified atom stereocenters. The van der Waals surface area contributed by atoms with Crippen LogP contribution in [0, 0.1) is 0 Å². The average molecular weight is 274 g/mol. The molecule has 104 valence electrons. The number of H-pyrrole nitrogens is 1. The summed E-state index contributed by atoms with van der Waals surface area (Å²) in [6.07, 6.45) is 1.61. The third-order valence-corrected chi connectivity index (χ3v) is 2.58. The monoisotopic (exact) mass is 274 g/mol. The zero-order chi connectivity index (χ0) is 14.5. The van der Waals surface area contributed by atoms with Crippen molar-refractivity contribution in [2.45, 2.75) is 0 Å². The molecule has 0 aliphatic carbocycles. The number of primary amides is 1. The van der Waals surface area contributed by atoms with Crippen molar-refractivity contribution in [2.75, 3.05) is 13.7 Å². The second kappa shape index (κ2) is 5.87. The quantitative estimate of drug-likeness (QED) is 0.769. The van der Waals surface area contributed by atoms with Gasteiger partial charge >= 0.3 is 0 Å². The van der Waals surface area contributed by atoms with Crippen molar-refractivity contribution in [1.82, 2.24) is 15.4 Å². The normalized spacial score (nSPS) is 10.1. The van der Waals surface area contributed by atoms with Gasteiger partial charge in [-0.15, -0.1) is 0 Å². The molecule has 7 nitrogen and oxygen atoms in total. The van der Waals surface area contributed by atoms with Gasteiger partial charge in [-0.1, -0.05) is 18.7 Å². The van der Waals surface area contributed by atoms with E-state index in [-0.39, 0.29) is 12.3 Å². The molecular formula is C13H14N4O3. The molecule has 0 spiro atoms. The van der Waals surface area contributed by atoms with Crippen LogP contribution < -0.4 is 15.2 Å². The highest BCUT2D eigenvalue weighted by molar-refractivity contribution is 5.97. The largest absolute Gasteiger partial charge is 0.493 e. The predicted molar refractivity (Wildman–Crippen MR) is 72.6 cm³/mol. The summed E-state index contributed by atoms with van der Waals surface area (Å²) in [6, 6.07) is 5.24. The van der Waals surface area contributed by atoms with E-state index in [1.807, 2.05) is 0 Å². The van der Waals surface area contributed by atoms with E-state index < -0.39 is 5.91 Å². The summed E-state index contributed by atoms with van der Waals surface area (Å²) in [6.45, 7) is 3.88. The predicted octanol–water partition coefficient (Wildman–Crippen LogP) is 1.14. The van der Waals surface area contributed by atoms with E-state index in [2.05, 4.69) is 22.0 Å². The fraction of sp³-hybridized carbons (Fsp3) is 0.154. The van der Waals surface area contributed by atoms with Crippen LogP contribution in [-0.4, -0.2) is 35.0 Å². The maximum Gasteiger partial charge on any atom is 0.271 e. The lowest BCUT2D eigenvalue weighted by atomic mass is 10.1. The van der Waals surface area contributed by atoms with E-state index in [0.29, 0.717) is 22.8 Å². The number of para-hydroxylation sites is 1. The fourth-order valence-electron chi connectivity index (χ4n) is 1.74. The van der Waals surface area contributed by atoms with Crippen molar-refractivity contribution in [3.63, 3.8) is 0 Å². The number of nitrogens with one attached hydrogen (secondary N) is 1. The number of carbonyl (C=O) groups excluding carboxylic acids is 1. The average Bonchev–Trinajstić information content (AvgIpc) is 2.94. The van der Waals surface area contributed by atoms with E-state index in [0.717, 1.165) is 0 Å². The Labute approximate surface area is 115 Å². The maximum atomic E-state index is 11.3. The minimum Gasteiger partial charge on any atom is -0.493 e. The molecule has 2 rings (SSSR count). The van der Waals surface area contributed by atoms with Crippen LogP contribution in [0.15, 0.2) is 30.9 Å². The van der Waals surface area contributed by atoms with Crippen molar-refractivity contribution >= 4 is 5.91 Å². The molecule has 1 aromatic carbocycles. The van der Waals surface area contributed by atoms with E-state index >= 15 is 0 Å². The Balaban J connectivity index is 2.57. The van der Waals surface area contributed by atoms with Gasteiger partial charge in [-0.25, -0.2) is 0 Å². The zero-order valence-corrected chi connectivity index (χ0v) is 10.9. The van der Waals surface area contributed by atoms with Crippen LogP contribution in [0.1, 0.15) is 10.5 Å². The van der Waals surface area contributed by atoms with Crippen LogP contribution in [0.25, 0.3) is 11.3 Å². The molecule has 0 saturated heterocycles. The summed E-state index contributed by atoms with van der Waals surface area (Å²) in [5.74, 6) is 0.292. The summed E-state index contributed by atoms with van der Waals surface area (Å²) in [5.41, 5.74) is 6.19. The zero-order valence-electron chi connectivity index (χ0n) is 10.9. The van der Waals surface area contributed by atoms with Crippen LogP contribution in [0.3, 0.4) is 0 Å². The summed E-state index contributed by atoms with van der Waals surface area (Å²) in [4.78, 5) is 11.3. The van der Waals surface area contributed by atoms with Gasteiger partial charge in [0, 0.05) is 0 Å². The third kappa shape index (κ3) is 2.46. The second-order valence-electron chi connectivity index (χ2n) is 3.82. The smallest absolute Gasteiger partial charge is 0.271 e. The minimum absolute atomic E-state index is 0.0432. The Morgan fingerprint density at radius 1 is 1.50 bits per heavy atom.